The fourth-order valence-electron chi connectivity index (χ4n) is 2.55. The van der Waals surface area contributed by atoms with Crippen LogP contribution in [-0.4, -0.2) is 37.4 Å². The van der Waals surface area contributed by atoms with Crippen LogP contribution >= 0.6 is 23.2 Å². The number of amides is 2. The SMILES string of the molecule is COc1ccc(Cl)cc1CN(C)C(=O)CCCNC(=O)c1ccc(Cl)cc1. The van der Waals surface area contributed by atoms with Crippen LogP contribution in [0.2, 0.25) is 10.0 Å². The topological polar surface area (TPSA) is 58.6 Å². The van der Waals surface area contributed by atoms with Crippen molar-refractivity contribution in [3.05, 3.63) is 63.6 Å². The lowest BCUT2D eigenvalue weighted by molar-refractivity contribution is -0.130. The van der Waals surface area contributed by atoms with Crippen molar-refractivity contribution in [1.29, 1.82) is 0 Å². The molecule has 2 amide bonds. The van der Waals surface area contributed by atoms with Gasteiger partial charge in [0.15, 0.2) is 0 Å². The molecule has 144 valence electrons. The number of hydrogen-bond donors (Lipinski definition) is 1. The lowest BCUT2D eigenvalue weighted by Crippen LogP contribution is -2.29. The first-order chi connectivity index (χ1) is 12.9. The smallest absolute Gasteiger partial charge is 0.251 e. The third-order valence-corrected chi connectivity index (χ3v) is 4.52. The lowest BCUT2D eigenvalue weighted by atomic mass is 10.1. The number of hydrogen-bond acceptors (Lipinski definition) is 3. The van der Waals surface area contributed by atoms with Gasteiger partial charge in [-0.2, -0.15) is 0 Å². The summed E-state index contributed by atoms with van der Waals surface area (Å²) in [6.45, 7) is 0.821. The highest BCUT2D eigenvalue weighted by molar-refractivity contribution is 6.31. The summed E-state index contributed by atoms with van der Waals surface area (Å²) in [5.74, 6) is 0.489. The van der Waals surface area contributed by atoms with E-state index in [0.29, 0.717) is 47.3 Å². The van der Waals surface area contributed by atoms with Gasteiger partial charge in [0.2, 0.25) is 5.91 Å². The quantitative estimate of drug-likeness (QED) is 0.666. The molecule has 0 aliphatic heterocycles. The van der Waals surface area contributed by atoms with Gasteiger partial charge in [-0.15, -0.1) is 0 Å². The van der Waals surface area contributed by atoms with E-state index in [1.54, 1.807) is 61.5 Å². The first kappa shape index (κ1) is 21.1. The molecule has 5 nitrogen and oxygen atoms in total. The molecule has 0 aliphatic carbocycles. The summed E-state index contributed by atoms with van der Waals surface area (Å²) in [7, 11) is 3.31. The van der Waals surface area contributed by atoms with Crippen LogP contribution in [0.1, 0.15) is 28.8 Å². The number of methoxy groups -OCH3 is 1. The lowest BCUT2D eigenvalue weighted by Gasteiger charge is -2.19. The Labute approximate surface area is 169 Å². The summed E-state index contributed by atoms with van der Waals surface area (Å²) < 4.78 is 5.30. The average Bonchev–Trinajstić information content (AvgIpc) is 2.65. The molecule has 0 saturated heterocycles. The van der Waals surface area contributed by atoms with Gasteiger partial charge >= 0.3 is 0 Å². The van der Waals surface area contributed by atoms with Gasteiger partial charge in [0.05, 0.1) is 7.11 Å². The van der Waals surface area contributed by atoms with E-state index in [0.717, 1.165) is 5.56 Å². The monoisotopic (exact) mass is 408 g/mol. The normalized spacial score (nSPS) is 10.4. The zero-order valence-corrected chi connectivity index (χ0v) is 16.8. The Morgan fingerprint density at radius 2 is 1.74 bits per heavy atom. The number of nitrogens with zero attached hydrogens (tertiary/aromatic N) is 1. The number of halogens is 2. The molecule has 2 aromatic rings. The molecule has 27 heavy (non-hydrogen) atoms. The average molecular weight is 409 g/mol. The fraction of sp³-hybridized carbons (Fsp3) is 0.300. The number of ether oxygens (including phenoxy) is 1. The third-order valence-electron chi connectivity index (χ3n) is 4.04. The van der Waals surface area contributed by atoms with E-state index in [9.17, 15) is 9.59 Å². The highest BCUT2D eigenvalue weighted by atomic mass is 35.5. The van der Waals surface area contributed by atoms with E-state index in [1.165, 1.54) is 0 Å². The molecular weight excluding hydrogens is 387 g/mol. The van der Waals surface area contributed by atoms with Gasteiger partial charge in [0.25, 0.3) is 5.91 Å². The molecule has 0 radical (unpaired) electrons. The zero-order chi connectivity index (χ0) is 19.8. The van der Waals surface area contributed by atoms with Gasteiger partial charge in [-0.25, -0.2) is 0 Å². The number of benzene rings is 2. The van der Waals surface area contributed by atoms with E-state index < -0.39 is 0 Å². The minimum atomic E-state index is -0.184. The molecule has 0 unspecified atom stereocenters. The Bertz CT molecular complexity index is 794. The predicted octanol–water partition coefficient (Wildman–Crippen LogP) is 4.17. The van der Waals surface area contributed by atoms with E-state index in [1.807, 2.05) is 0 Å². The molecule has 2 rings (SSSR count). The Kier molecular flexibility index (Phi) is 7.95. The minimum absolute atomic E-state index is 0.0160. The predicted molar refractivity (Wildman–Crippen MR) is 107 cm³/mol. The van der Waals surface area contributed by atoms with E-state index in [-0.39, 0.29) is 11.8 Å². The van der Waals surface area contributed by atoms with Crippen LogP contribution < -0.4 is 10.1 Å². The van der Waals surface area contributed by atoms with Crippen molar-refractivity contribution in [3.8, 4) is 5.75 Å². The molecule has 1 N–H and O–H groups in total. The Morgan fingerprint density at radius 1 is 1.07 bits per heavy atom. The Balaban J connectivity index is 1.77. The highest BCUT2D eigenvalue weighted by Crippen LogP contribution is 2.24. The van der Waals surface area contributed by atoms with Crippen molar-refractivity contribution < 1.29 is 14.3 Å². The van der Waals surface area contributed by atoms with Crippen LogP contribution in [0, 0.1) is 0 Å². The molecule has 0 spiro atoms. The van der Waals surface area contributed by atoms with Crippen LogP contribution in [0.4, 0.5) is 0 Å². The summed E-state index contributed by atoms with van der Waals surface area (Å²) in [4.78, 5) is 25.9. The van der Waals surface area contributed by atoms with Crippen molar-refractivity contribution in [3.63, 3.8) is 0 Å². The standard InChI is InChI=1S/C20H22Cl2N2O3/c1-24(13-15-12-17(22)9-10-18(15)27-2)19(25)4-3-11-23-20(26)14-5-7-16(21)8-6-14/h5-10,12H,3-4,11,13H2,1-2H3,(H,23,26). The molecule has 7 heteroatoms. The molecule has 0 atom stereocenters. The minimum Gasteiger partial charge on any atom is -0.496 e. The van der Waals surface area contributed by atoms with Gasteiger partial charge in [-0.1, -0.05) is 23.2 Å². The first-order valence-corrected chi connectivity index (χ1v) is 9.26. The molecule has 0 heterocycles. The molecule has 0 saturated carbocycles. The second kappa shape index (κ2) is 10.2. The van der Waals surface area contributed by atoms with Crippen LogP contribution in [0.5, 0.6) is 5.75 Å². The van der Waals surface area contributed by atoms with Gasteiger partial charge in [-0.3, -0.25) is 9.59 Å². The van der Waals surface area contributed by atoms with Crippen molar-refractivity contribution >= 4 is 35.0 Å². The molecule has 0 bridgehead atoms. The van der Waals surface area contributed by atoms with Gasteiger partial charge in [-0.05, 0) is 48.9 Å². The van der Waals surface area contributed by atoms with E-state index in [2.05, 4.69) is 5.32 Å². The summed E-state index contributed by atoms with van der Waals surface area (Å²) in [6, 6.07) is 12.0. The maximum atomic E-state index is 12.3. The van der Waals surface area contributed by atoms with Crippen LogP contribution in [0.25, 0.3) is 0 Å². The molecule has 0 aliphatic rings. The fourth-order valence-corrected chi connectivity index (χ4v) is 2.87. The zero-order valence-electron chi connectivity index (χ0n) is 15.3. The summed E-state index contributed by atoms with van der Waals surface area (Å²) in [6.07, 6.45) is 0.884. The van der Waals surface area contributed by atoms with Crippen LogP contribution in [-0.2, 0) is 11.3 Å². The molecule has 2 aromatic carbocycles. The number of carbonyl (C=O) groups is 2. The van der Waals surface area contributed by atoms with E-state index in [4.69, 9.17) is 27.9 Å². The number of carbonyl (C=O) groups excluding carboxylic acids is 2. The van der Waals surface area contributed by atoms with Gasteiger partial charge in [0, 0.05) is 47.7 Å². The van der Waals surface area contributed by atoms with Crippen LogP contribution in [0.3, 0.4) is 0 Å². The third kappa shape index (κ3) is 6.45. The molecule has 0 fully saturated rings. The maximum Gasteiger partial charge on any atom is 0.251 e. The summed E-state index contributed by atoms with van der Waals surface area (Å²) in [5, 5.41) is 3.97. The number of rotatable bonds is 8. The second-order valence-corrected chi connectivity index (χ2v) is 6.95. The largest absolute Gasteiger partial charge is 0.496 e. The highest BCUT2D eigenvalue weighted by Gasteiger charge is 2.13. The summed E-state index contributed by atoms with van der Waals surface area (Å²) >= 11 is 11.8. The van der Waals surface area contributed by atoms with E-state index >= 15 is 0 Å². The van der Waals surface area contributed by atoms with Crippen molar-refractivity contribution in [2.24, 2.45) is 0 Å². The van der Waals surface area contributed by atoms with Crippen LogP contribution in [0.15, 0.2) is 42.5 Å². The van der Waals surface area contributed by atoms with Crippen molar-refractivity contribution in [1.82, 2.24) is 10.2 Å². The molecular formula is C20H22Cl2N2O3. The van der Waals surface area contributed by atoms with Crippen molar-refractivity contribution in [2.75, 3.05) is 20.7 Å². The maximum absolute atomic E-state index is 12.3. The first-order valence-electron chi connectivity index (χ1n) is 8.51. The Hall–Kier alpha value is -2.24. The number of nitrogens with one attached hydrogen (secondary N) is 1. The second-order valence-electron chi connectivity index (χ2n) is 6.07. The summed E-state index contributed by atoms with van der Waals surface area (Å²) in [5.41, 5.74) is 1.38. The Morgan fingerprint density at radius 3 is 2.41 bits per heavy atom. The van der Waals surface area contributed by atoms with Crippen molar-refractivity contribution in [2.45, 2.75) is 19.4 Å². The van der Waals surface area contributed by atoms with Gasteiger partial charge in [0.1, 0.15) is 5.75 Å². The van der Waals surface area contributed by atoms with Gasteiger partial charge < -0.3 is 15.0 Å². The molecule has 0 aromatic heterocycles.